The van der Waals surface area contributed by atoms with Gasteiger partial charge in [-0.25, -0.2) is 0 Å². The van der Waals surface area contributed by atoms with E-state index in [4.69, 9.17) is 21.7 Å². The molecule has 0 atom stereocenters. The second-order valence-electron chi connectivity index (χ2n) is 7.05. The van der Waals surface area contributed by atoms with Crippen molar-refractivity contribution in [2.45, 2.75) is 13.8 Å². The van der Waals surface area contributed by atoms with E-state index in [-0.39, 0.29) is 23.5 Å². The van der Waals surface area contributed by atoms with Gasteiger partial charge in [-0.2, -0.15) is 0 Å². The van der Waals surface area contributed by atoms with Crippen LogP contribution in [0.5, 0.6) is 5.75 Å². The molecule has 1 heterocycles. The van der Waals surface area contributed by atoms with E-state index in [9.17, 15) is 9.59 Å². The maximum Gasteiger partial charge on any atom is 0.264 e. The van der Waals surface area contributed by atoms with Crippen molar-refractivity contribution >= 4 is 34.8 Å². The molecule has 0 spiro atoms. The van der Waals surface area contributed by atoms with Gasteiger partial charge >= 0.3 is 0 Å². The fraction of sp³-hybridized carbons (Fsp3) is 0.318. The highest BCUT2D eigenvalue weighted by Crippen LogP contribution is 2.18. The van der Waals surface area contributed by atoms with E-state index < -0.39 is 0 Å². The predicted octanol–water partition coefficient (Wildman–Crippen LogP) is 2.67. The van der Waals surface area contributed by atoms with Gasteiger partial charge in [-0.1, -0.05) is 23.8 Å². The van der Waals surface area contributed by atoms with Gasteiger partial charge in [0, 0.05) is 24.3 Å². The summed E-state index contributed by atoms with van der Waals surface area (Å²) in [5, 5.41) is 5.66. The molecule has 2 N–H and O–H groups in total. The van der Waals surface area contributed by atoms with E-state index >= 15 is 0 Å². The molecular weight excluding hydrogens is 402 g/mol. The predicted molar refractivity (Wildman–Crippen MR) is 119 cm³/mol. The Kier molecular flexibility index (Phi) is 7.37. The summed E-state index contributed by atoms with van der Waals surface area (Å²) in [6, 6.07) is 12.8. The maximum atomic E-state index is 12.6. The lowest BCUT2D eigenvalue weighted by Crippen LogP contribution is -2.40. The second kappa shape index (κ2) is 10.2. The number of rotatable bonds is 5. The highest BCUT2D eigenvalue weighted by atomic mass is 32.1. The summed E-state index contributed by atoms with van der Waals surface area (Å²) in [6.45, 7) is 6.01. The molecule has 158 valence electrons. The minimum Gasteiger partial charge on any atom is -0.483 e. The Balaban J connectivity index is 1.51. The first-order valence-corrected chi connectivity index (χ1v) is 10.1. The van der Waals surface area contributed by atoms with Crippen molar-refractivity contribution in [1.29, 1.82) is 0 Å². The number of carbonyl (C=O) groups excluding carboxylic acids is 2. The Bertz CT molecular complexity index is 942. The molecule has 0 aliphatic carbocycles. The van der Waals surface area contributed by atoms with Crippen molar-refractivity contribution in [2.24, 2.45) is 0 Å². The minimum absolute atomic E-state index is 0.0567. The number of benzene rings is 2. The van der Waals surface area contributed by atoms with Gasteiger partial charge in [0.1, 0.15) is 5.75 Å². The van der Waals surface area contributed by atoms with Gasteiger partial charge in [0.25, 0.3) is 11.8 Å². The molecule has 1 aliphatic rings. The largest absolute Gasteiger partial charge is 0.483 e. The van der Waals surface area contributed by atoms with Crippen molar-refractivity contribution in [1.82, 2.24) is 10.2 Å². The first kappa shape index (κ1) is 21.7. The minimum atomic E-state index is -0.368. The van der Waals surface area contributed by atoms with Crippen LogP contribution in [0.3, 0.4) is 0 Å². The molecule has 2 aromatic rings. The Morgan fingerprint density at radius 2 is 1.90 bits per heavy atom. The average molecular weight is 428 g/mol. The number of carbonyl (C=O) groups is 2. The van der Waals surface area contributed by atoms with E-state index in [1.807, 2.05) is 32.0 Å². The van der Waals surface area contributed by atoms with Crippen LogP contribution in [0.1, 0.15) is 21.5 Å². The quantitative estimate of drug-likeness (QED) is 0.715. The van der Waals surface area contributed by atoms with E-state index in [0.29, 0.717) is 43.3 Å². The van der Waals surface area contributed by atoms with Crippen LogP contribution in [0, 0.1) is 13.8 Å². The third-order valence-corrected chi connectivity index (χ3v) is 4.81. The standard InChI is InChI=1S/C22H25N3O4S/c1-15-6-7-19(16(2)12-15)29-14-20(26)24-22(30)23-18-5-3-4-17(13-18)21(27)25-8-10-28-11-9-25/h3-7,12-13H,8-11,14H2,1-2H3,(H2,23,24,26,30). The number of ether oxygens (including phenoxy) is 2. The van der Waals surface area contributed by atoms with Crippen molar-refractivity contribution in [3.8, 4) is 5.75 Å². The summed E-state index contributed by atoms with van der Waals surface area (Å²) in [7, 11) is 0. The Morgan fingerprint density at radius 1 is 1.13 bits per heavy atom. The number of hydrogen-bond donors (Lipinski definition) is 2. The molecule has 0 aromatic heterocycles. The van der Waals surface area contributed by atoms with Crippen LogP contribution in [-0.2, 0) is 9.53 Å². The van der Waals surface area contributed by atoms with Crippen LogP contribution in [0.25, 0.3) is 0 Å². The number of nitrogens with zero attached hydrogens (tertiary/aromatic N) is 1. The van der Waals surface area contributed by atoms with Gasteiger partial charge < -0.3 is 19.7 Å². The molecule has 0 unspecified atom stereocenters. The Morgan fingerprint density at radius 3 is 2.63 bits per heavy atom. The van der Waals surface area contributed by atoms with Gasteiger partial charge in [0.15, 0.2) is 11.7 Å². The van der Waals surface area contributed by atoms with Crippen LogP contribution >= 0.6 is 12.2 Å². The van der Waals surface area contributed by atoms with Gasteiger partial charge in [0.05, 0.1) is 13.2 Å². The molecule has 30 heavy (non-hydrogen) atoms. The van der Waals surface area contributed by atoms with Gasteiger partial charge in [-0.3, -0.25) is 14.9 Å². The topological polar surface area (TPSA) is 79.9 Å². The molecule has 8 heteroatoms. The van der Waals surface area contributed by atoms with E-state index in [0.717, 1.165) is 11.1 Å². The molecule has 7 nitrogen and oxygen atoms in total. The highest BCUT2D eigenvalue weighted by molar-refractivity contribution is 7.80. The average Bonchev–Trinajstić information content (AvgIpc) is 2.73. The lowest BCUT2D eigenvalue weighted by Gasteiger charge is -2.27. The third-order valence-electron chi connectivity index (χ3n) is 4.61. The van der Waals surface area contributed by atoms with Crippen molar-refractivity contribution in [2.75, 3.05) is 38.2 Å². The van der Waals surface area contributed by atoms with Crippen LogP contribution in [0.4, 0.5) is 5.69 Å². The number of anilines is 1. The SMILES string of the molecule is Cc1ccc(OCC(=O)NC(=S)Nc2cccc(C(=O)N3CCOCC3)c2)c(C)c1. The Labute approximate surface area is 181 Å². The normalized spacial score (nSPS) is 13.5. The maximum absolute atomic E-state index is 12.6. The summed E-state index contributed by atoms with van der Waals surface area (Å²) in [4.78, 5) is 26.5. The number of amides is 2. The monoisotopic (exact) mass is 427 g/mol. The molecule has 2 aromatic carbocycles. The van der Waals surface area contributed by atoms with Crippen molar-refractivity contribution < 1.29 is 19.1 Å². The third kappa shape index (κ3) is 6.01. The molecule has 0 saturated carbocycles. The summed E-state index contributed by atoms with van der Waals surface area (Å²) in [5.74, 6) is 0.232. The smallest absolute Gasteiger partial charge is 0.264 e. The molecule has 1 fully saturated rings. The van der Waals surface area contributed by atoms with E-state index in [2.05, 4.69) is 10.6 Å². The first-order chi connectivity index (χ1) is 14.4. The molecule has 2 amide bonds. The lowest BCUT2D eigenvalue weighted by molar-refractivity contribution is -0.121. The molecule has 0 bridgehead atoms. The number of thiocarbonyl (C=S) groups is 1. The van der Waals surface area contributed by atoms with Crippen LogP contribution in [-0.4, -0.2) is 54.7 Å². The highest BCUT2D eigenvalue weighted by Gasteiger charge is 2.18. The number of nitrogens with one attached hydrogen (secondary N) is 2. The fourth-order valence-corrected chi connectivity index (χ4v) is 3.34. The summed E-state index contributed by atoms with van der Waals surface area (Å²) in [6.07, 6.45) is 0. The summed E-state index contributed by atoms with van der Waals surface area (Å²) >= 11 is 5.21. The van der Waals surface area contributed by atoms with Gasteiger partial charge in [-0.15, -0.1) is 0 Å². The van der Waals surface area contributed by atoms with E-state index in [1.54, 1.807) is 29.2 Å². The number of morpholine rings is 1. The zero-order valence-electron chi connectivity index (χ0n) is 17.1. The first-order valence-electron chi connectivity index (χ1n) is 9.70. The molecule has 0 radical (unpaired) electrons. The van der Waals surface area contributed by atoms with Crippen LogP contribution in [0.2, 0.25) is 0 Å². The second-order valence-corrected chi connectivity index (χ2v) is 7.45. The molecule has 1 aliphatic heterocycles. The number of hydrogen-bond acceptors (Lipinski definition) is 5. The zero-order chi connectivity index (χ0) is 21.5. The van der Waals surface area contributed by atoms with Crippen LogP contribution in [0.15, 0.2) is 42.5 Å². The van der Waals surface area contributed by atoms with Crippen molar-refractivity contribution in [3.05, 3.63) is 59.2 Å². The number of aryl methyl sites for hydroxylation is 2. The zero-order valence-corrected chi connectivity index (χ0v) is 17.9. The molecular formula is C22H25N3O4S. The Hall–Kier alpha value is -2.97. The van der Waals surface area contributed by atoms with Crippen LogP contribution < -0.4 is 15.4 Å². The molecule has 3 rings (SSSR count). The van der Waals surface area contributed by atoms with Gasteiger partial charge in [-0.05, 0) is 55.9 Å². The molecule has 1 saturated heterocycles. The summed E-state index contributed by atoms with van der Waals surface area (Å²) < 4.78 is 10.8. The van der Waals surface area contributed by atoms with Gasteiger partial charge in [0.2, 0.25) is 0 Å². The van der Waals surface area contributed by atoms with Crippen molar-refractivity contribution in [3.63, 3.8) is 0 Å². The lowest BCUT2D eigenvalue weighted by atomic mass is 10.1. The summed E-state index contributed by atoms with van der Waals surface area (Å²) in [5.41, 5.74) is 3.26. The van der Waals surface area contributed by atoms with E-state index in [1.165, 1.54) is 0 Å². The fourth-order valence-electron chi connectivity index (χ4n) is 3.11.